The summed E-state index contributed by atoms with van der Waals surface area (Å²) in [5.41, 5.74) is 0.970. The molecule has 1 heteroatoms. The number of aliphatic hydroxyl groups excluding tert-OH is 1. The highest BCUT2D eigenvalue weighted by Crippen LogP contribution is 2.07. The second kappa shape index (κ2) is 8.84. The third-order valence-electron chi connectivity index (χ3n) is 2.74. The summed E-state index contributed by atoms with van der Waals surface area (Å²) in [4.78, 5) is 0. The minimum absolute atomic E-state index is 0.475. The summed E-state index contributed by atoms with van der Waals surface area (Å²) >= 11 is 0. The highest BCUT2D eigenvalue weighted by molar-refractivity contribution is 5.34. The van der Waals surface area contributed by atoms with Crippen LogP contribution in [0.1, 0.15) is 51.0 Å². The Morgan fingerprint density at radius 1 is 1.06 bits per heavy atom. The van der Waals surface area contributed by atoms with Crippen molar-refractivity contribution in [2.75, 3.05) is 0 Å². The van der Waals surface area contributed by atoms with Crippen molar-refractivity contribution < 1.29 is 5.11 Å². The molecule has 0 heterocycles. The fourth-order valence-corrected chi connectivity index (χ4v) is 1.70. The lowest BCUT2D eigenvalue weighted by molar-refractivity contribution is 0.217. The molecule has 1 aromatic carbocycles. The zero-order chi connectivity index (χ0) is 12.3. The number of benzene rings is 1. The van der Waals surface area contributed by atoms with Gasteiger partial charge in [-0.2, -0.15) is 0 Å². The third kappa shape index (κ3) is 6.81. The predicted octanol–water partition coefficient (Wildman–Crippen LogP) is 3.76. The van der Waals surface area contributed by atoms with Gasteiger partial charge in [0.05, 0.1) is 0 Å². The van der Waals surface area contributed by atoms with Crippen LogP contribution < -0.4 is 0 Å². The van der Waals surface area contributed by atoms with Gasteiger partial charge in [0.2, 0.25) is 0 Å². The summed E-state index contributed by atoms with van der Waals surface area (Å²) in [6.07, 6.45) is 6.43. The van der Waals surface area contributed by atoms with Gasteiger partial charge in [0.15, 0.2) is 0 Å². The Hall–Kier alpha value is -1.26. The molecule has 1 rings (SSSR count). The van der Waals surface area contributed by atoms with Crippen LogP contribution in [0.2, 0.25) is 0 Å². The van der Waals surface area contributed by atoms with Crippen LogP contribution in [0.25, 0.3) is 0 Å². The van der Waals surface area contributed by atoms with Gasteiger partial charge in [0, 0.05) is 5.56 Å². The molecule has 0 bridgehead atoms. The lowest BCUT2D eigenvalue weighted by atomic mass is 10.1. The van der Waals surface area contributed by atoms with E-state index >= 15 is 0 Å². The second-order valence-corrected chi connectivity index (χ2v) is 4.35. The highest BCUT2D eigenvalue weighted by atomic mass is 16.3. The largest absolute Gasteiger partial charge is 0.380 e. The molecule has 0 aliphatic heterocycles. The molecule has 0 saturated heterocycles. The molecule has 0 radical (unpaired) electrons. The van der Waals surface area contributed by atoms with Crippen molar-refractivity contribution in [1.29, 1.82) is 0 Å². The molecule has 1 atom stereocenters. The van der Waals surface area contributed by atoms with Crippen LogP contribution in [0.3, 0.4) is 0 Å². The van der Waals surface area contributed by atoms with E-state index in [1.807, 2.05) is 30.3 Å². The summed E-state index contributed by atoms with van der Waals surface area (Å²) < 4.78 is 0. The molecule has 0 fully saturated rings. The van der Waals surface area contributed by atoms with Crippen molar-refractivity contribution in [2.24, 2.45) is 0 Å². The summed E-state index contributed by atoms with van der Waals surface area (Å²) in [7, 11) is 0. The quantitative estimate of drug-likeness (QED) is 0.583. The smallest absolute Gasteiger partial charge is 0.115 e. The molecule has 1 unspecified atom stereocenters. The van der Waals surface area contributed by atoms with E-state index in [0.717, 1.165) is 18.4 Å². The van der Waals surface area contributed by atoms with E-state index in [1.54, 1.807) is 0 Å². The molecule has 0 aromatic heterocycles. The molecule has 0 spiro atoms. The van der Waals surface area contributed by atoms with E-state index in [-0.39, 0.29) is 0 Å². The van der Waals surface area contributed by atoms with E-state index < -0.39 is 6.10 Å². The van der Waals surface area contributed by atoms with Crippen LogP contribution in [-0.2, 0) is 0 Å². The van der Waals surface area contributed by atoms with Crippen molar-refractivity contribution >= 4 is 0 Å². The molecule has 0 amide bonds. The van der Waals surface area contributed by atoms with Crippen molar-refractivity contribution in [3.63, 3.8) is 0 Å². The van der Waals surface area contributed by atoms with E-state index in [9.17, 15) is 5.11 Å². The van der Waals surface area contributed by atoms with Crippen LogP contribution in [0.15, 0.2) is 30.3 Å². The molecule has 92 valence electrons. The minimum Gasteiger partial charge on any atom is -0.380 e. The number of unbranched alkanes of at least 4 members (excludes halogenated alkanes) is 4. The Balaban J connectivity index is 2.21. The fraction of sp³-hybridized carbons (Fsp3) is 0.500. The van der Waals surface area contributed by atoms with Gasteiger partial charge in [0.25, 0.3) is 0 Å². The van der Waals surface area contributed by atoms with Gasteiger partial charge in [-0.05, 0) is 25.0 Å². The average molecular weight is 230 g/mol. The molecule has 17 heavy (non-hydrogen) atoms. The molecule has 0 aliphatic carbocycles. The summed E-state index contributed by atoms with van der Waals surface area (Å²) in [5.74, 6) is 5.89. The summed E-state index contributed by atoms with van der Waals surface area (Å²) in [6, 6.07) is 9.81. The number of aliphatic hydroxyl groups is 1. The molecule has 0 aliphatic rings. The first-order chi connectivity index (χ1) is 8.33. The van der Waals surface area contributed by atoms with Gasteiger partial charge in [0.1, 0.15) is 6.10 Å². The lowest BCUT2D eigenvalue weighted by Gasteiger charge is -2.02. The Kier molecular flexibility index (Phi) is 7.18. The fourth-order valence-electron chi connectivity index (χ4n) is 1.70. The van der Waals surface area contributed by atoms with Gasteiger partial charge < -0.3 is 5.11 Å². The van der Waals surface area contributed by atoms with Gasteiger partial charge >= 0.3 is 0 Å². The minimum atomic E-state index is -0.475. The predicted molar refractivity (Wildman–Crippen MR) is 72.7 cm³/mol. The topological polar surface area (TPSA) is 20.2 Å². The maximum Gasteiger partial charge on any atom is 0.115 e. The van der Waals surface area contributed by atoms with E-state index in [1.165, 1.54) is 25.7 Å². The number of hydrogen-bond acceptors (Lipinski definition) is 1. The Bertz CT molecular complexity index is 345. The molecule has 1 aromatic rings. The monoisotopic (exact) mass is 230 g/mol. The van der Waals surface area contributed by atoms with Crippen LogP contribution in [-0.4, -0.2) is 11.2 Å². The summed E-state index contributed by atoms with van der Waals surface area (Å²) in [5, 5.41) is 9.69. The van der Waals surface area contributed by atoms with Crippen molar-refractivity contribution in [3.05, 3.63) is 35.9 Å². The van der Waals surface area contributed by atoms with Crippen molar-refractivity contribution in [3.8, 4) is 11.8 Å². The molecule has 0 saturated carbocycles. The van der Waals surface area contributed by atoms with E-state index in [4.69, 9.17) is 0 Å². The van der Waals surface area contributed by atoms with Gasteiger partial charge in [-0.1, -0.05) is 62.6 Å². The van der Waals surface area contributed by atoms with E-state index in [0.29, 0.717) is 0 Å². The van der Waals surface area contributed by atoms with Crippen LogP contribution >= 0.6 is 0 Å². The standard InChI is InChI=1S/C16H22O/c1-2-3-4-5-9-12-16(17)14-13-15-10-7-6-8-11-15/h6-8,10-11,16-17H,2-5,9,12H2,1H3. The first kappa shape index (κ1) is 13.8. The van der Waals surface area contributed by atoms with Crippen LogP contribution in [0.4, 0.5) is 0 Å². The second-order valence-electron chi connectivity index (χ2n) is 4.35. The zero-order valence-corrected chi connectivity index (χ0v) is 10.7. The highest BCUT2D eigenvalue weighted by Gasteiger charge is 1.98. The van der Waals surface area contributed by atoms with Crippen molar-refractivity contribution in [2.45, 2.75) is 51.6 Å². The van der Waals surface area contributed by atoms with Gasteiger partial charge in [-0.25, -0.2) is 0 Å². The Labute approximate surface area is 105 Å². The molecule has 1 N–H and O–H groups in total. The van der Waals surface area contributed by atoms with Crippen LogP contribution in [0.5, 0.6) is 0 Å². The van der Waals surface area contributed by atoms with Gasteiger partial charge in [-0.15, -0.1) is 0 Å². The number of rotatable bonds is 6. The normalized spacial score (nSPS) is 11.6. The first-order valence-corrected chi connectivity index (χ1v) is 6.57. The SMILES string of the molecule is CCCCCCCC(O)C#Cc1ccccc1. The van der Waals surface area contributed by atoms with E-state index in [2.05, 4.69) is 18.8 Å². The third-order valence-corrected chi connectivity index (χ3v) is 2.74. The molecule has 1 nitrogen and oxygen atoms in total. The average Bonchev–Trinajstić information content (AvgIpc) is 2.37. The molecular formula is C16H22O. The Morgan fingerprint density at radius 2 is 1.76 bits per heavy atom. The first-order valence-electron chi connectivity index (χ1n) is 6.57. The Morgan fingerprint density at radius 3 is 2.47 bits per heavy atom. The zero-order valence-electron chi connectivity index (χ0n) is 10.7. The number of hydrogen-bond donors (Lipinski definition) is 1. The maximum absolute atomic E-state index is 9.69. The van der Waals surface area contributed by atoms with Gasteiger partial charge in [-0.3, -0.25) is 0 Å². The van der Waals surface area contributed by atoms with Crippen molar-refractivity contribution in [1.82, 2.24) is 0 Å². The maximum atomic E-state index is 9.69. The van der Waals surface area contributed by atoms with Crippen LogP contribution in [0, 0.1) is 11.8 Å². The molecular weight excluding hydrogens is 208 g/mol. The lowest BCUT2D eigenvalue weighted by Crippen LogP contribution is -2.02. The summed E-state index contributed by atoms with van der Waals surface area (Å²) in [6.45, 7) is 2.21.